The van der Waals surface area contributed by atoms with Gasteiger partial charge in [-0.3, -0.25) is 4.79 Å². The Kier molecular flexibility index (Phi) is 3.92. The fraction of sp³-hybridized carbons (Fsp3) is 0.375. The summed E-state index contributed by atoms with van der Waals surface area (Å²) in [7, 11) is 1.83. The zero-order chi connectivity index (χ0) is 14.8. The Bertz CT molecular complexity index is 653. The number of ether oxygens (including phenoxy) is 1. The molecule has 1 unspecified atom stereocenters. The standard InChI is InChI=1S/C16H18N2O2S/c1-11-10-21-15(17-11)8-18(2)16(19)13-7-12-5-3-4-6-14(12)20-9-13/h3-6,10,13H,7-9H2,1-2H3. The summed E-state index contributed by atoms with van der Waals surface area (Å²) in [5.41, 5.74) is 2.12. The van der Waals surface area contributed by atoms with Gasteiger partial charge in [0, 0.05) is 18.1 Å². The Morgan fingerprint density at radius 2 is 2.29 bits per heavy atom. The van der Waals surface area contributed by atoms with E-state index in [0.29, 0.717) is 13.2 Å². The number of thiazole rings is 1. The summed E-state index contributed by atoms with van der Waals surface area (Å²) in [6, 6.07) is 7.92. The minimum atomic E-state index is -0.106. The maximum absolute atomic E-state index is 12.5. The molecule has 3 rings (SSSR count). The molecule has 0 radical (unpaired) electrons. The highest BCUT2D eigenvalue weighted by Crippen LogP contribution is 2.27. The van der Waals surface area contributed by atoms with Crippen molar-refractivity contribution < 1.29 is 9.53 Å². The van der Waals surface area contributed by atoms with E-state index < -0.39 is 0 Å². The molecule has 1 amide bonds. The van der Waals surface area contributed by atoms with Crippen molar-refractivity contribution in [2.45, 2.75) is 19.9 Å². The lowest BCUT2D eigenvalue weighted by atomic mass is 9.95. The van der Waals surface area contributed by atoms with E-state index in [-0.39, 0.29) is 11.8 Å². The van der Waals surface area contributed by atoms with Gasteiger partial charge in [0.05, 0.1) is 12.5 Å². The second kappa shape index (κ2) is 5.85. The highest BCUT2D eigenvalue weighted by Gasteiger charge is 2.28. The summed E-state index contributed by atoms with van der Waals surface area (Å²) in [6.45, 7) is 2.99. The molecule has 0 aliphatic carbocycles. The fourth-order valence-electron chi connectivity index (χ4n) is 2.55. The lowest BCUT2D eigenvalue weighted by molar-refractivity contribution is -0.136. The number of nitrogens with zero attached hydrogens (tertiary/aromatic N) is 2. The normalized spacial score (nSPS) is 17.0. The van der Waals surface area contributed by atoms with Crippen molar-refractivity contribution >= 4 is 17.2 Å². The number of hydrogen-bond donors (Lipinski definition) is 0. The summed E-state index contributed by atoms with van der Waals surface area (Å²) in [5.74, 6) is 0.920. The first-order chi connectivity index (χ1) is 10.1. The third-order valence-corrected chi connectivity index (χ3v) is 4.59. The highest BCUT2D eigenvalue weighted by atomic mass is 32.1. The molecule has 110 valence electrons. The van der Waals surface area contributed by atoms with Gasteiger partial charge < -0.3 is 9.64 Å². The number of rotatable bonds is 3. The number of carbonyl (C=O) groups excluding carboxylic acids is 1. The molecule has 5 heteroatoms. The van der Waals surface area contributed by atoms with E-state index in [4.69, 9.17) is 4.74 Å². The van der Waals surface area contributed by atoms with Gasteiger partial charge in [-0.25, -0.2) is 4.98 Å². The Hall–Kier alpha value is -1.88. The minimum absolute atomic E-state index is 0.106. The largest absolute Gasteiger partial charge is 0.492 e. The van der Waals surface area contributed by atoms with Gasteiger partial charge in [0.15, 0.2) is 0 Å². The molecule has 1 aliphatic rings. The molecule has 1 aromatic heterocycles. The Morgan fingerprint density at radius 3 is 3.05 bits per heavy atom. The molecule has 1 aromatic carbocycles. The van der Waals surface area contributed by atoms with Gasteiger partial charge in [0.1, 0.15) is 17.4 Å². The first kappa shape index (κ1) is 14.1. The van der Waals surface area contributed by atoms with Crippen LogP contribution in [-0.2, 0) is 17.8 Å². The average Bonchev–Trinajstić information content (AvgIpc) is 2.91. The molecule has 21 heavy (non-hydrogen) atoms. The topological polar surface area (TPSA) is 42.4 Å². The van der Waals surface area contributed by atoms with Crippen LogP contribution >= 0.6 is 11.3 Å². The molecule has 0 fully saturated rings. The number of benzene rings is 1. The summed E-state index contributed by atoms with van der Waals surface area (Å²) in [6.07, 6.45) is 0.746. The van der Waals surface area contributed by atoms with Gasteiger partial charge in [0.25, 0.3) is 0 Å². The molecule has 0 bridgehead atoms. The van der Waals surface area contributed by atoms with E-state index in [2.05, 4.69) is 4.98 Å². The second-order valence-corrected chi connectivity index (χ2v) is 6.34. The predicted molar refractivity (Wildman–Crippen MR) is 82.5 cm³/mol. The van der Waals surface area contributed by atoms with E-state index in [1.807, 2.05) is 43.6 Å². The molecule has 0 saturated carbocycles. The number of amides is 1. The summed E-state index contributed by atoms with van der Waals surface area (Å²) >= 11 is 1.59. The molecule has 1 atom stereocenters. The number of para-hydroxylation sites is 1. The van der Waals surface area contributed by atoms with Crippen LogP contribution in [-0.4, -0.2) is 29.4 Å². The number of carbonyl (C=O) groups is 1. The molecule has 2 heterocycles. The molecule has 0 N–H and O–H groups in total. The molecule has 0 spiro atoms. The average molecular weight is 302 g/mol. The first-order valence-corrected chi connectivity index (χ1v) is 7.88. The quantitative estimate of drug-likeness (QED) is 0.875. The zero-order valence-corrected chi connectivity index (χ0v) is 13.0. The predicted octanol–water partition coefficient (Wildman–Crippen LogP) is 2.66. The van der Waals surface area contributed by atoms with Crippen molar-refractivity contribution in [3.8, 4) is 5.75 Å². The third-order valence-electron chi connectivity index (χ3n) is 3.64. The number of hydrogen-bond acceptors (Lipinski definition) is 4. The van der Waals surface area contributed by atoms with Crippen LogP contribution < -0.4 is 4.74 Å². The van der Waals surface area contributed by atoms with Gasteiger partial charge in [-0.05, 0) is 25.0 Å². The van der Waals surface area contributed by atoms with E-state index in [1.165, 1.54) is 0 Å². The van der Waals surface area contributed by atoms with Crippen LogP contribution in [0.1, 0.15) is 16.3 Å². The lowest BCUT2D eigenvalue weighted by Crippen LogP contribution is -2.38. The maximum atomic E-state index is 12.5. The fourth-order valence-corrected chi connectivity index (χ4v) is 3.38. The lowest BCUT2D eigenvalue weighted by Gasteiger charge is -2.27. The number of aryl methyl sites for hydroxylation is 1. The van der Waals surface area contributed by atoms with Crippen LogP contribution in [0, 0.1) is 12.8 Å². The van der Waals surface area contributed by atoms with E-state index in [0.717, 1.165) is 28.4 Å². The Balaban J connectivity index is 1.66. The SMILES string of the molecule is Cc1csc(CN(C)C(=O)C2COc3ccccc3C2)n1. The second-order valence-electron chi connectivity index (χ2n) is 5.40. The van der Waals surface area contributed by atoms with Crippen LogP contribution in [0.2, 0.25) is 0 Å². The Labute approximate surface area is 128 Å². The zero-order valence-electron chi connectivity index (χ0n) is 12.2. The molecule has 1 aliphatic heterocycles. The van der Waals surface area contributed by atoms with Crippen molar-refractivity contribution in [1.82, 2.24) is 9.88 Å². The number of aromatic nitrogens is 1. The molecular formula is C16H18N2O2S. The van der Waals surface area contributed by atoms with E-state index >= 15 is 0 Å². The van der Waals surface area contributed by atoms with E-state index in [9.17, 15) is 4.79 Å². The minimum Gasteiger partial charge on any atom is -0.492 e. The number of fused-ring (bicyclic) bond motifs is 1. The summed E-state index contributed by atoms with van der Waals surface area (Å²) in [4.78, 5) is 18.7. The van der Waals surface area contributed by atoms with Gasteiger partial charge >= 0.3 is 0 Å². The maximum Gasteiger partial charge on any atom is 0.229 e. The summed E-state index contributed by atoms with van der Waals surface area (Å²) in [5, 5.41) is 2.98. The van der Waals surface area contributed by atoms with Crippen molar-refractivity contribution in [2.24, 2.45) is 5.92 Å². The van der Waals surface area contributed by atoms with E-state index in [1.54, 1.807) is 16.2 Å². The van der Waals surface area contributed by atoms with Gasteiger partial charge in [0.2, 0.25) is 5.91 Å². The van der Waals surface area contributed by atoms with Crippen LogP contribution in [0.25, 0.3) is 0 Å². The van der Waals surface area contributed by atoms with Gasteiger partial charge in [-0.15, -0.1) is 11.3 Å². The molecule has 4 nitrogen and oxygen atoms in total. The molecule has 0 saturated heterocycles. The smallest absolute Gasteiger partial charge is 0.229 e. The van der Waals surface area contributed by atoms with Crippen molar-refractivity contribution in [3.05, 3.63) is 45.9 Å². The van der Waals surface area contributed by atoms with Crippen LogP contribution in [0.15, 0.2) is 29.6 Å². The first-order valence-electron chi connectivity index (χ1n) is 7.00. The summed E-state index contributed by atoms with van der Waals surface area (Å²) < 4.78 is 5.70. The Morgan fingerprint density at radius 1 is 1.48 bits per heavy atom. The monoisotopic (exact) mass is 302 g/mol. The molecule has 2 aromatic rings. The highest BCUT2D eigenvalue weighted by molar-refractivity contribution is 7.09. The van der Waals surface area contributed by atoms with Crippen molar-refractivity contribution in [2.75, 3.05) is 13.7 Å². The van der Waals surface area contributed by atoms with Crippen molar-refractivity contribution in [3.63, 3.8) is 0 Å². The van der Waals surface area contributed by atoms with Crippen LogP contribution in [0.3, 0.4) is 0 Å². The van der Waals surface area contributed by atoms with Gasteiger partial charge in [-0.2, -0.15) is 0 Å². The van der Waals surface area contributed by atoms with Crippen LogP contribution in [0.5, 0.6) is 5.75 Å². The van der Waals surface area contributed by atoms with Crippen LogP contribution in [0.4, 0.5) is 0 Å². The van der Waals surface area contributed by atoms with Gasteiger partial charge in [-0.1, -0.05) is 18.2 Å². The van der Waals surface area contributed by atoms with Crippen molar-refractivity contribution in [1.29, 1.82) is 0 Å². The molecular weight excluding hydrogens is 284 g/mol. The third kappa shape index (κ3) is 3.08.